The van der Waals surface area contributed by atoms with E-state index in [1.807, 2.05) is 11.1 Å². The van der Waals surface area contributed by atoms with Crippen LogP contribution in [0.1, 0.15) is 41.2 Å². The smallest absolute Gasteiger partial charge is 0.254 e. The van der Waals surface area contributed by atoms with Crippen LogP contribution in [0.4, 0.5) is 5.69 Å². The number of aromatic nitrogens is 2. The average Bonchev–Trinajstić information content (AvgIpc) is 3.01. The molecule has 1 fully saturated rings. The number of nitrogens with zero attached hydrogens (tertiary/aromatic N) is 2. The average molecular weight is 307 g/mol. The number of H-pyrrole nitrogens is 1. The van der Waals surface area contributed by atoms with Crippen molar-refractivity contribution in [1.82, 2.24) is 15.1 Å². The third kappa shape index (κ3) is 3.19. The van der Waals surface area contributed by atoms with Crippen LogP contribution in [0.25, 0.3) is 0 Å². The molecule has 2 heterocycles. The van der Waals surface area contributed by atoms with Gasteiger partial charge in [0.15, 0.2) is 0 Å². The van der Waals surface area contributed by atoms with Gasteiger partial charge in [-0.05, 0) is 43.5 Å². The van der Waals surface area contributed by atoms with Gasteiger partial charge in [0, 0.05) is 29.6 Å². The molecule has 1 aliphatic heterocycles. The highest BCUT2D eigenvalue weighted by molar-refractivity contribution is 5.94. The summed E-state index contributed by atoms with van der Waals surface area (Å²) in [4.78, 5) is 14.6. The van der Waals surface area contributed by atoms with Crippen LogP contribution in [-0.2, 0) is 0 Å². The van der Waals surface area contributed by atoms with Crippen molar-refractivity contribution < 1.29 is 4.79 Å². The van der Waals surface area contributed by atoms with Crippen LogP contribution in [0.5, 0.6) is 0 Å². The van der Waals surface area contributed by atoms with Crippen molar-refractivity contribution in [3.05, 3.63) is 47.8 Å². The summed E-state index contributed by atoms with van der Waals surface area (Å²) in [6.45, 7) is 0.791. The number of carbonyl (C=O) groups excluding carboxylic acids is 1. The highest BCUT2D eigenvalue weighted by Crippen LogP contribution is 2.31. The lowest BCUT2D eigenvalue weighted by Crippen LogP contribution is -2.38. The second-order valence-electron chi connectivity index (χ2n) is 5.16. The molecule has 0 spiro atoms. The molecule has 1 aromatic carbocycles. The van der Waals surface area contributed by atoms with Crippen LogP contribution in [0.15, 0.2) is 36.7 Å². The quantitative estimate of drug-likeness (QED) is 0.838. The van der Waals surface area contributed by atoms with Gasteiger partial charge >= 0.3 is 0 Å². The molecule has 1 aliphatic rings. The fourth-order valence-electron chi connectivity index (χ4n) is 2.76. The second kappa shape index (κ2) is 6.63. The molecule has 0 aliphatic carbocycles. The van der Waals surface area contributed by atoms with Gasteiger partial charge in [0.05, 0.1) is 12.2 Å². The van der Waals surface area contributed by atoms with Gasteiger partial charge in [-0.1, -0.05) is 0 Å². The normalized spacial score (nSPS) is 18.1. The maximum atomic E-state index is 12.7. The molecule has 1 aromatic heterocycles. The van der Waals surface area contributed by atoms with Crippen molar-refractivity contribution in [2.45, 2.75) is 25.3 Å². The van der Waals surface area contributed by atoms with E-state index in [1.165, 1.54) is 0 Å². The summed E-state index contributed by atoms with van der Waals surface area (Å²) >= 11 is 0. The molecule has 1 amide bonds. The van der Waals surface area contributed by atoms with E-state index < -0.39 is 0 Å². The number of anilines is 1. The molecular weight excluding hydrogens is 288 g/mol. The number of piperidine rings is 1. The number of benzene rings is 1. The van der Waals surface area contributed by atoms with Gasteiger partial charge in [-0.2, -0.15) is 5.10 Å². The summed E-state index contributed by atoms with van der Waals surface area (Å²) in [5.41, 5.74) is 8.11. The minimum atomic E-state index is 0. The summed E-state index contributed by atoms with van der Waals surface area (Å²) < 4.78 is 0. The first-order valence-electron chi connectivity index (χ1n) is 6.91. The summed E-state index contributed by atoms with van der Waals surface area (Å²) in [5.74, 6) is 0.0656. The molecule has 3 rings (SSSR count). The molecule has 5 nitrogen and oxygen atoms in total. The Balaban J connectivity index is 0.00000161. The molecule has 2 aromatic rings. The second-order valence-corrected chi connectivity index (χ2v) is 5.16. The van der Waals surface area contributed by atoms with Gasteiger partial charge in [0.1, 0.15) is 0 Å². The lowest BCUT2D eigenvalue weighted by molar-refractivity contribution is 0.0611. The van der Waals surface area contributed by atoms with E-state index >= 15 is 0 Å². The monoisotopic (exact) mass is 306 g/mol. The number of hydrogen-bond donors (Lipinski definition) is 2. The number of nitrogens with one attached hydrogen (secondary N) is 1. The van der Waals surface area contributed by atoms with Crippen molar-refractivity contribution >= 4 is 24.0 Å². The topological polar surface area (TPSA) is 75.0 Å². The van der Waals surface area contributed by atoms with E-state index in [9.17, 15) is 4.79 Å². The zero-order valence-corrected chi connectivity index (χ0v) is 12.5. The standard InChI is InChI=1S/C15H18N4O.ClH/c16-13-6-4-11(5-7-13)15(20)19-8-2-1-3-14(19)12-9-17-18-10-12;/h4-7,9-10,14H,1-3,8,16H2,(H,17,18);1H. The number of amides is 1. The number of aromatic amines is 1. The van der Waals surface area contributed by atoms with Crippen molar-refractivity contribution in [3.63, 3.8) is 0 Å². The molecule has 112 valence electrons. The minimum absolute atomic E-state index is 0. The Morgan fingerprint density at radius 2 is 2.05 bits per heavy atom. The lowest BCUT2D eigenvalue weighted by atomic mass is 9.96. The molecule has 1 atom stereocenters. The first-order chi connectivity index (χ1) is 9.75. The minimum Gasteiger partial charge on any atom is -0.399 e. The molecule has 21 heavy (non-hydrogen) atoms. The molecule has 1 unspecified atom stereocenters. The van der Waals surface area contributed by atoms with E-state index in [0.717, 1.165) is 31.4 Å². The summed E-state index contributed by atoms with van der Waals surface area (Å²) in [6, 6.07) is 7.23. The molecule has 0 radical (unpaired) electrons. The van der Waals surface area contributed by atoms with Gasteiger partial charge in [0.25, 0.3) is 5.91 Å². The molecular formula is C15H19ClN4O. The summed E-state index contributed by atoms with van der Waals surface area (Å²) in [5, 5.41) is 6.83. The SMILES string of the molecule is Cl.Nc1ccc(C(=O)N2CCCCC2c2cn[nH]c2)cc1. The number of carbonyl (C=O) groups is 1. The van der Waals surface area contributed by atoms with Crippen molar-refractivity contribution in [2.24, 2.45) is 0 Å². The van der Waals surface area contributed by atoms with Crippen LogP contribution in [0.3, 0.4) is 0 Å². The van der Waals surface area contributed by atoms with Gasteiger partial charge in [-0.25, -0.2) is 0 Å². The van der Waals surface area contributed by atoms with Crippen LogP contribution < -0.4 is 5.73 Å². The fourth-order valence-corrected chi connectivity index (χ4v) is 2.76. The van der Waals surface area contributed by atoms with Crippen LogP contribution in [0.2, 0.25) is 0 Å². The lowest BCUT2D eigenvalue weighted by Gasteiger charge is -2.35. The van der Waals surface area contributed by atoms with Crippen molar-refractivity contribution in [1.29, 1.82) is 0 Å². The maximum absolute atomic E-state index is 12.7. The Hall–Kier alpha value is -2.01. The molecule has 0 bridgehead atoms. The van der Waals surface area contributed by atoms with Gasteiger partial charge in [-0.15, -0.1) is 12.4 Å². The summed E-state index contributed by atoms with van der Waals surface area (Å²) in [7, 11) is 0. The first-order valence-corrected chi connectivity index (χ1v) is 6.91. The zero-order valence-electron chi connectivity index (χ0n) is 11.7. The van der Waals surface area contributed by atoms with Crippen molar-refractivity contribution in [2.75, 3.05) is 12.3 Å². The third-order valence-corrected chi connectivity index (χ3v) is 3.83. The van der Waals surface area contributed by atoms with E-state index in [2.05, 4.69) is 10.2 Å². The number of rotatable bonds is 2. The van der Waals surface area contributed by atoms with E-state index in [-0.39, 0.29) is 24.4 Å². The first kappa shape index (κ1) is 15.4. The Morgan fingerprint density at radius 3 is 2.71 bits per heavy atom. The number of halogens is 1. The Morgan fingerprint density at radius 1 is 1.29 bits per heavy atom. The predicted molar refractivity (Wildman–Crippen MR) is 84.3 cm³/mol. The Kier molecular flexibility index (Phi) is 4.85. The number of nitrogens with two attached hydrogens (primary N) is 1. The van der Waals surface area contributed by atoms with Crippen LogP contribution >= 0.6 is 12.4 Å². The maximum Gasteiger partial charge on any atom is 0.254 e. The van der Waals surface area contributed by atoms with E-state index in [1.54, 1.807) is 30.5 Å². The zero-order chi connectivity index (χ0) is 13.9. The van der Waals surface area contributed by atoms with Crippen LogP contribution in [0, 0.1) is 0 Å². The van der Waals surface area contributed by atoms with Gasteiger partial charge < -0.3 is 10.6 Å². The predicted octanol–water partition coefficient (Wildman–Crippen LogP) is 2.78. The van der Waals surface area contributed by atoms with Crippen molar-refractivity contribution in [3.8, 4) is 0 Å². The molecule has 3 N–H and O–H groups in total. The molecule has 0 saturated carbocycles. The number of nitrogen functional groups attached to an aromatic ring is 1. The molecule has 1 saturated heterocycles. The third-order valence-electron chi connectivity index (χ3n) is 3.83. The van der Waals surface area contributed by atoms with E-state index in [0.29, 0.717) is 11.3 Å². The van der Waals surface area contributed by atoms with Gasteiger partial charge in [0.2, 0.25) is 0 Å². The number of hydrogen-bond acceptors (Lipinski definition) is 3. The highest BCUT2D eigenvalue weighted by atomic mass is 35.5. The number of likely N-dealkylation sites (tertiary alicyclic amines) is 1. The Labute approximate surface area is 129 Å². The highest BCUT2D eigenvalue weighted by Gasteiger charge is 2.29. The fraction of sp³-hybridized carbons (Fsp3) is 0.333. The van der Waals surface area contributed by atoms with E-state index in [4.69, 9.17) is 5.73 Å². The largest absolute Gasteiger partial charge is 0.399 e. The van der Waals surface area contributed by atoms with Crippen LogP contribution in [-0.4, -0.2) is 27.5 Å². The van der Waals surface area contributed by atoms with Gasteiger partial charge in [-0.3, -0.25) is 9.89 Å². The summed E-state index contributed by atoms with van der Waals surface area (Å²) in [6.07, 6.45) is 6.86. The Bertz CT molecular complexity index is 582. The molecule has 6 heteroatoms.